The first-order chi connectivity index (χ1) is 16.1. The van der Waals surface area contributed by atoms with Crippen LogP contribution in [0.25, 0.3) is 0 Å². The monoisotopic (exact) mass is 472 g/mol. The predicted octanol–water partition coefficient (Wildman–Crippen LogP) is 2.32. The fourth-order valence-corrected chi connectivity index (χ4v) is 3.78. The van der Waals surface area contributed by atoms with Crippen molar-refractivity contribution in [1.29, 1.82) is 0 Å². The molecule has 9 nitrogen and oxygen atoms in total. The van der Waals surface area contributed by atoms with Crippen LogP contribution in [0.5, 0.6) is 0 Å². The number of rotatable bonds is 11. The van der Waals surface area contributed by atoms with Crippen LogP contribution in [0.1, 0.15) is 64.5 Å². The second kappa shape index (κ2) is 13.3. The Hall–Kier alpha value is -2.59. The second-order valence-corrected chi connectivity index (χ2v) is 8.86. The zero-order valence-electron chi connectivity index (χ0n) is 21.2. The number of carbonyl (C=O) groups is 2. The molecule has 0 spiro atoms. The summed E-state index contributed by atoms with van der Waals surface area (Å²) in [4.78, 5) is 47.1. The van der Waals surface area contributed by atoms with Crippen LogP contribution in [-0.4, -0.2) is 78.9 Å². The molecule has 186 valence electrons. The van der Waals surface area contributed by atoms with E-state index in [9.17, 15) is 14.4 Å². The van der Waals surface area contributed by atoms with Crippen LogP contribution in [0.3, 0.4) is 0 Å². The van der Waals surface area contributed by atoms with Gasteiger partial charge in [-0.2, -0.15) is 0 Å². The third-order valence-corrected chi connectivity index (χ3v) is 5.78. The van der Waals surface area contributed by atoms with E-state index < -0.39 is 0 Å². The Kier molecular flexibility index (Phi) is 10.9. The molecule has 0 aromatic carbocycles. The van der Waals surface area contributed by atoms with Gasteiger partial charge in [0.1, 0.15) is 0 Å². The first-order valence-corrected chi connectivity index (χ1v) is 11.8. The Morgan fingerprint density at radius 3 is 2.71 bits per heavy atom. The van der Waals surface area contributed by atoms with E-state index in [1.807, 2.05) is 13.8 Å². The van der Waals surface area contributed by atoms with Gasteiger partial charge >= 0.3 is 171 Å². The zero-order chi connectivity index (χ0) is 25.3. The number of ether oxygens (including phenoxy) is 2. The molecule has 1 aromatic rings. The fourth-order valence-electron chi connectivity index (χ4n) is 3.78. The maximum absolute atomic E-state index is 13.2. The molecule has 0 aliphatic carbocycles. The quantitative estimate of drug-likeness (QED) is 0.230. The van der Waals surface area contributed by atoms with Crippen LogP contribution in [0.4, 0.5) is 0 Å². The van der Waals surface area contributed by atoms with E-state index in [-0.39, 0.29) is 29.6 Å². The van der Waals surface area contributed by atoms with E-state index in [0.717, 1.165) is 31.3 Å². The minimum absolute atomic E-state index is 0.149. The number of hydrogen-bond donors (Lipinski definition) is 1. The summed E-state index contributed by atoms with van der Waals surface area (Å²) in [7, 11) is 1.73. The third-order valence-electron chi connectivity index (χ3n) is 5.78. The van der Waals surface area contributed by atoms with Gasteiger partial charge in [0.15, 0.2) is 0 Å². The molecule has 1 fully saturated rings. The standard InChI is InChI=1S/C24H37BN4O5/c1-16(2)29(15-30)23(27-19(5)22-18(4)26-20(31)14-25-22)17(3)24(32)28(6)11-9-13-34-21-10-7-8-12-33-21/h14-16,21H,7-13H2,1-6H3,(H,26,31)/b23-17-,27-19?. The van der Waals surface area contributed by atoms with Crippen LogP contribution >= 0.6 is 0 Å². The van der Waals surface area contributed by atoms with E-state index in [4.69, 9.17) is 9.47 Å². The Bertz CT molecular complexity index is 966. The van der Waals surface area contributed by atoms with Gasteiger partial charge in [-0.3, -0.25) is 0 Å². The number of nitrogens with zero attached hydrogens (tertiary/aromatic N) is 3. The molecule has 2 amide bonds. The van der Waals surface area contributed by atoms with Crippen LogP contribution in [0, 0.1) is 6.92 Å². The van der Waals surface area contributed by atoms with Crippen molar-refractivity contribution in [2.75, 3.05) is 26.8 Å². The molecular weight excluding hydrogens is 435 g/mol. The van der Waals surface area contributed by atoms with Gasteiger partial charge in [-0.15, -0.1) is 0 Å². The maximum atomic E-state index is 13.2. The number of amides is 2. The van der Waals surface area contributed by atoms with Crippen LogP contribution in [0.15, 0.2) is 27.1 Å². The number of hydrogen-bond acceptors (Lipinski definition) is 6. The van der Waals surface area contributed by atoms with Crippen molar-refractivity contribution >= 4 is 24.9 Å². The molecule has 1 saturated heterocycles. The Morgan fingerprint density at radius 2 is 2.12 bits per heavy atom. The number of aromatic amines is 1. The van der Waals surface area contributed by atoms with Gasteiger partial charge in [-0.25, -0.2) is 0 Å². The molecule has 2 rings (SSSR count). The second-order valence-electron chi connectivity index (χ2n) is 8.86. The van der Waals surface area contributed by atoms with Crippen molar-refractivity contribution in [2.24, 2.45) is 4.99 Å². The molecule has 1 aliphatic heterocycles. The third kappa shape index (κ3) is 7.73. The van der Waals surface area contributed by atoms with E-state index in [1.165, 1.54) is 10.9 Å². The summed E-state index contributed by atoms with van der Waals surface area (Å²) in [6.07, 6.45) is 4.29. The Balaban J connectivity index is 2.20. The van der Waals surface area contributed by atoms with Gasteiger partial charge in [0.05, 0.1) is 0 Å². The normalized spacial score (nSPS) is 17.3. The van der Waals surface area contributed by atoms with Crippen molar-refractivity contribution in [3.05, 3.63) is 38.9 Å². The summed E-state index contributed by atoms with van der Waals surface area (Å²) in [6, 6.07) is -0.197. The summed E-state index contributed by atoms with van der Waals surface area (Å²) < 4.78 is 11.3. The number of likely N-dealkylation sites (N-methyl/N-ethyl adjacent to an activating group) is 1. The van der Waals surface area contributed by atoms with Crippen molar-refractivity contribution < 1.29 is 19.1 Å². The molecule has 0 bridgehead atoms. The number of carbonyl (C=O) groups excluding carboxylic acids is 2. The van der Waals surface area contributed by atoms with Gasteiger partial charge < -0.3 is 4.74 Å². The van der Waals surface area contributed by atoms with E-state index in [1.54, 1.807) is 39.6 Å². The first kappa shape index (κ1) is 27.7. The summed E-state index contributed by atoms with van der Waals surface area (Å²) in [5, 5.41) is 0. The zero-order valence-corrected chi connectivity index (χ0v) is 21.2. The Labute approximate surface area is 202 Å². The average Bonchev–Trinajstić information content (AvgIpc) is 2.80. The number of aliphatic imine (C=N–C) groups is 1. The molecule has 10 heteroatoms. The first-order valence-electron chi connectivity index (χ1n) is 11.8. The topological polar surface area (TPSA) is 104 Å². The Morgan fingerprint density at radius 1 is 1.38 bits per heavy atom. The number of H-pyrrole nitrogens is 1. The van der Waals surface area contributed by atoms with Crippen LogP contribution < -0.4 is 5.56 Å². The fraction of sp³-hybridized carbons (Fsp3) is 0.625. The van der Waals surface area contributed by atoms with Gasteiger partial charge in [0.25, 0.3) is 0 Å². The van der Waals surface area contributed by atoms with Crippen molar-refractivity contribution in [3.63, 3.8) is 0 Å². The number of aromatic nitrogens is 1. The molecule has 0 saturated carbocycles. The molecule has 1 N–H and O–H groups in total. The molecular formula is C24H37BN4O5. The van der Waals surface area contributed by atoms with E-state index in [0.29, 0.717) is 43.0 Å². The summed E-state index contributed by atoms with van der Waals surface area (Å²) >= 11 is 0. The average molecular weight is 472 g/mol. The minimum atomic E-state index is -0.217. The van der Waals surface area contributed by atoms with Crippen molar-refractivity contribution in [1.82, 2.24) is 14.8 Å². The number of aryl methyl sites for hydroxylation is 1. The molecule has 1 aliphatic rings. The van der Waals surface area contributed by atoms with Crippen LogP contribution in [-0.2, 0) is 19.1 Å². The van der Waals surface area contributed by atoms with E-state index in [2.05, 4.69) is 9.98 Å². The molecule has 1 unspecified atom stereocenters. The summed E-state index contributed by atoms with van der Waals surface area (Å²) in [5.41, 5.74) is 2.16. The SMILES string of the molecule is CC(=N/C(=C(\C)C(=O)N(C)CCCOC1CCCCO1)N(C=O)C(C)C)c1bcc(=O)[nH]c1C. The van der Waals surface area contributed by atoms with Gasteiger partial charge in [0, 0.05) is 6.61 Å². The van der Waals surface area contributed by atoms with Crippen molar-refractivity contribution in [2.45, 2.75) is 72.6 Å². The van der Waals surface area contributed by atoms with Crippen LogP contribution in [0.2, 0.25) is 0 Å². The van der Waals surface area contributed by atoms with Gasteiger partial charge in [-0.05, 0) is 19.3 Å². The molecule has 0 radical (unpaired) electrons. The molecule has 1 aromatic heterocycles. The molecule has 2 heterocycles. The van der Waals surface area contributed by atoms with Crippen molar-refractivity contribution in [3.8, 4) is 0 Å². The van der Waals surface area contributed by atoms with E-state index >= 15 is 0 Å². The van der Waals surface area contributed by atoms with Gasteiger partial charge in [-0.1, -0.05) is 0 Å². The molecule has 34 heavy (non-hydrogen) atoms. The predicted molar refractivity (Wildman–Crippen MR) is 133 cm³/mol. The van der Waals surface area contributed by atoms with Gasteiger partial charge in [0.2, 0.25) is 0 Å². The number of nitrogens with one attached hydrogen (secondary N) is 1. The summed E-state index contributed by atoms with van der Waals surface area (Å²) in [6.45, 7) is 12.4. The molecule has 1 atom stereocenters. The summed E-state index contributed by atoms with van der Waals surface area (Å²) in [5.74, 6) is 1.50.